The van der Waals surface area contributed by atoms with Crippen LogP contribution < -0.4 is 10.6 Å². The van der Waals surface area contributed by atoms with Crippen molar-refractivity contribution >= 4 is 17.5 Å². The summed E-state index contributed by atoms with van der Waals surface area (Å²) in [5, 5.41) is 15.4. The molecule has 6 nitrogen and oxygen atoms in total. The van der Waals surface area contributed by atoms with E-state index in [1.165, 1.54) is 10.5 Å². The largest absolute Gasteiger partial charge is 0.325 e. The number of halogens is 1. The summed E-state index contributed by atoms with van der Waals surface area (Å²) in [4.78, 5) is 27.0. The van der Waals surface area contributed by atoms with E-state index in [-0.39, 0.29) is 36.7 Å². The van der Waals surface area contributed by atoms with Gasteiger partial charge in [0.2, 0.25) is 11.8 Å². The van der Waals surface area contributed by atoms with Crippen molar-refractivity contribution in [2.24, 2.45) is 5.41 Å². The molecule has 1 aromatic carbocycles. The lowest BCUT2D eigenvalue weighted by molar-refractivity contribution is -0.130. The first-order chi connectivity index (χ1) is 15.3. The first kappa shape index (κ1) is 24.2. The van der Waals surface area contributed by atoms with Gasteiger partial charge in [-0.25, -0.2) is 4.39 Å². The molecule has 1 aliphatic carbocycles. The lowest BCUT2D eigenvalue weighted by Gasteiger charge is -2.36. The zero-order valence-corrected chi connectivity index (χ0v) is 19.3. The lowest BCUT2D eigenvalue weighted by Crippen LogP contribution is -2.42. The van der Waals surface area contributed by atoms with Crippen LogP contribution in [0.25, 0.3) is 0 Å². The number of carbonyl (C=O) groups excluding carboxylic acids is 2. The van der Waals surface area contributed by atoms with E-state index in [1.807, 2.05) is 32.0 Å². The average Bonchev–Trinajstić information content (AvgIpc) is 3.16. The summed E-state index contributed by atoms with van der Waals surface area (Å²) < 4.78 is 13.5. The van der Waals surface area contributed by atoms with E-state index in [2.05, 4.69) is 16.7 Å². The van der Waals surface area contributed by atoms with Crippen LogP contribution in [0.4, 0.5) is 10.1 Å². The summed E-state index contributed by atoms with van der Waals surface area (Å²) in [6, 6.07) is 7.40. The van der Waals surface area contributed by atoms with Gasteiger partial charge in [-0.05, 0) is 57.7 Å². The Morgan fingerprint density at radius 3 is 2.69 bits per heavy atom. The number of hydrogen-bond donors (Lipinski definition) is 2. The van der Waals surface area contributed by atoms with Crippen LogP contribution in [0, 0.1) is 30.6 Å². The molecule has 0 radical (unpaired) electrons. The average molecular weight is 443 g/mol. The highest BCUT2D eigenvalue weighted by atomic mass is 19.1. The van der Waals surface area contributed by atoms with Crippen LogP contribution in [0.3, 0.4) is 0 Å². The summed E-state index contributed by atoms with van der Waals surface area (Å²) in [5.74, 6) is -0.139. The fourth-order valence-corrected chi connectivity index (χ4v) is 5.06. The van der Waals surface area contributed by atoms with E-state index in [4.69, 9.17) is 5.26 Å². The van der Waals surface area contributed by atoms with Gasteiger partial charge in [0.1, 0.15) is 12.2 Å². The topological polar surface area (TPSA) is 85.2 Å². The summed E-state index contributed by atoms with van der Waals surface area (Å²) >= 11 is 0. The SMILES string of the molecule is Cc1ccc(NC(=O)C2(CCCNCC(=O)N3C[C@@H](F)C[C@H]3C#N)CCCCC2)c(C)c1. The molecule has 0 aromatic heterocycles. The van der Waals surface area contributed by atoms with Crippen molar-refractivity contribution in [1.82, 2.24) is 10.2 Å². The van der Waals surface area contributed by atoms with Crippen LogP contribution in [0.2, 0.25) is 0 Å². The first-order valence-electron chi connectivity index (χ1n) is 11.8. The molecule has 1 aliphatic heterocycles. The minimum absolute atomic E-state index is 0.000446. The minimum Gasteiger partial charge on any atom is -0.325 e. The fraction of sp³-hybridized carbons (Fsp3) is 0.640. The Morgan fingerprint density at radius 1 is 1.25 bits per heavy atom. The van der Waals surface area contributed by atoms with Crippen LogP contribution in [0.15, 0.2) is 18.2 Å². The number of alkyl halides is 1. The summed E-state index contributed by atoms with van der Waals surface area (Å²) in [6.45, 7) is 4.75. The van der Waals surface area contributed by atoms with E-state index < -0.39 is 12.2 Å². The number of nitrogens with one attached hydrogen (secondary N) is 2. The molecule has 1 heterocycles. The summed E-state index contributed by atoms with van der Waals surface area (Å²) in [6.07, 6.45) is 5.57. The van der Waals surface area contributed by atoms with Crippen molar-refractivity contribution in [2.45, 2.75) is 77.4 Å². The second-order valence-corrected chi connectivity index (χ2v) is 9.42. The molecule has 0 unspecified atom stereocenters. The van der Waals surface area contributed by atoms with Gasteiger partial charge in [-0.2, -0.15) is 5.26 Å². The predicted octanol–water partition coefficient (Wildman–Crippen LogP) is 4.02. The minimum atomic E-state index is -1.12. The number of likely N-dealkylation sites (tertiary alicyclic amines) is 1. The summed E-state index contributed by atoms with van der Waals surface area (Å²) in [5.41, 5.74) is 2.74. The Kier molecular flexibility index (Phi) is 8.25. The van der Waals surface area contributed by atoms with Gasteiger partial charge in [0, 0.05) is 17.5 Å². The Morgan fingerprint density at radius 2 is 2.00 bits per heavy atom. The second-order valence-electron chi connectivity index (χ2n) is 9.42. The molecule has 2 aliphatic rings. The monoisotopic (exact) mass is 442 g/mol. The quantitative estimate of drug-likeness (QED) is 0.596. The molecule has 1 aromatic rings. The lowest BCUT2D eigenvalue weighted by atomic mass is 9.70. The van der Waals surface area contributed by atoms with Gasteiger partial charge in [-0.15, -0.1) is 0 Å². The highest BCUT2D eigenvalue weighted by Gasteiger charge is 2.39. The van der Waals surface area contributed by atoms with E-state index in [0.29, 0.717) is 6.54 Å². The number of amides is 2. The number of anilines is 1. The van der Waals surface area contributed by atoms with Gasteiger partial charge < -0.3 is 15.5 Å². The molecule has 1 saturated heterocycles. The maximum Gasteiger partial charge on any atom is 0.237 e. The molecule has 0 spiro atoms. The van der Waals surface area contributed by atoms with E-state index in [1.54, 1.807) is 0 Å². The van der Waals surface area contributed by atoms with Crippen molar-refractivity contribution in [3.05, 3.63) is 29.3 Å². The molecule has 2 fully saturated rings. The van der Waals surface area contributed by atoms with E-state index in [9.17, 15) is 14.0 Å². The number of nitriles is 1. The third-order valence-electron chi connectivity index (χ3n) is 6.93. The number of benzene rings is 1. The van der Waals surface area contributed by atoms with Gasteiger partial charge in [-0.3, -0.25) is 9.59 Å². The normalized spacial score (nSPS) is 22.4. The molecule has 32 heavy (non-hydrogen) atoms. The second kappa shape index (κ2) is 10.9. The molecular formula is C25H35FN4O2. The third kappa shape index (κ3) is 5.86. The Labute approximate surface area is 190 Å². The van der Waals surface area contributed by atoms with Gasteiger partial charge in [0.05, 0.1) is 19.2 Å². The number of hydrogen-bond acceptors (Lipinski definition) is 4. The molecule has 2 atom stereocenters. The van der Waals surface area contributed by atoms with Crippen LogP contribution in [-0.4, -0.2) is 48.6 Å². The highest BCUT2D eigenvalue weighted by Crippen LogP contribution is 2.41. The predicted molar refractivity (Wildman–Crippen MR) is 123 cm³/mol. The molecule has 2 amide bonds. The molecular weight excluding hydrogens is 407 g/mol. The molecule has 2 N–H and O–H groups in total. The Balaban J connectivity index is 1.50. The zero-order valence-electron chi connectivity index (χ0n) is 19.3. The van der Waals surface area contributed by atoms with E-state index >= 15 is 0 Å². The van der Waals surface area contributed by atoms with Crippen molar-refractivity contribution in [1.29, 1.82) is 5.26 Å². The van der Waals surface area contributed by atoms with Crippen LogP contribution >= 0.6 is 0 Å². The smallest absolute Gasteiger partial charge is 0.237 e. The van der Waals surface area contributed by atoms with Crippen molar-refractivity contribution in [3.8, 4) is 6.07 Å². The molecule has 0 bridgehead atoms. The maximum absolute atomic E-state index is 13.5. The molecule has 7 heteroatoms. The van der Waals surface area contributed by atoms with Crippen molar-refractivity contribution in [3.63, 3.8) is 0 Å². The van der Waals surface area contributed by atoms with Crippen molar-refractivity contribution < 1.29 is 14.0 Å². The first-order valence-corrected chi connectivity index (χ1v) is 11.8. The zero-order chi connectivity index (χ0) is 23.1. The van der Waals surface area contributed by atoms with Crippen LogP contribution in [-0.2, 0) is 9.59 Å². The molecule has 174 valence electrons. The number of rotatable bonds is 8. The van der Waals surface area contributed by atoms with Gasteiger partial charge in [0.25, 0.3) is 0 Å². The Hall–Kier alpha value is -2.46. The third-order valence-corrected chi connectivity index (χ3v) is 6.93. The van der Waals surface area contributed by atoms with Gasteiger partial charge in [-0.1, -0.05) is 37.0 Å². The van der Waals surface area contributed by atoms with Gasteiger partial charge >= 0.3 is 0 Å². The number of aryl methyl sites for hydroxylation is 2. The van der Waals surface area contributed by atoms with Crippen molar-refractivity contribution in [2.75, 3.05) is 25.0 Å². The van der Waals surface area contributed by atoms with Gasteiger partial charge in [0.15, 0.2) is 0 Å². The molecule has 3 rings (SSSR count). The van der Waals surface area contributed by atoms with Crippen LogP contribution in [0.5, 0.6) is 0 Å². The maximum atomic E-state index is 13.5. The standard InChI is InChI=1S/C25H35FN4O2/c1-18-7-8-22(19(2)13-18)29-24(32)25(9-4-3-5-10-25)11-6-12-28-16-23(31)30-17-20(26)14-21(30)15-27/h7-8,13,20-21,28H,3-6,9-12,14,16-17H2,1-2H3,(H,29,32)/t20-,21-/m0/s1. The van der Waals surface area contributed by atoms with Crippen LogP contribution in [0.1, 0.15) is 62.5 Å². The Bertz CT molecular complexity index is 860. The fourth-order valence-electron chi connectivity index (χ4n) is 5.06. The number of carbonyl (C=O) groups is 2. The number of nitrogens with zero attached hydrogens (tertiary/aromatic N) is 2. The van der Waals surface area contributed by atoms with E-state index in [0.717, 1.165) is 56.2 Å². The highest BCUT2D eigenvalue weighted by molar-refractivity contribution is 5.96. The summed E-state index contributed by atoms with van der Waals surface area (Å²) in [7, 11) is 0. The molecule has 1 saturated carbocycles.